The van der Waals surface area contributed by atoms with Crippen LogP contribution in [0.2, 0.25) is 0 Å². The molecule has 1 heteroatoms. The van der Waals surface area contributed by atoms with Crippen molar-refractivity contribution in [2.24, 2.45) is 11.8 Å². The zero-order chi connectivity index (χ0) is 9.47. The van der Waals surface area contributed by atoms with Crippen LogP contribution in [-0.4, -0.2) is 0 Å². The maximum absolute atomic E-state index is 14.1. The highest BCUT2D eigenvalue weighted by molar-refractivity contribution is 5.29. The van der Waals surface area contributed by atoms with Crippen LogP contribution in [0.25, 0.3) is 0 Å². The molecule has 1 aliphatic carbocycles. The highest BCUT2D eigenvalue weighted by Gasteiger charge is 2.57. The highest BCUT2D eigenvalue weighted by atomic mass is 19.1. The Morgan fingerprint density at radius 3 is 2.38 bits per heavy atom. The van der Waals surface area contributed by atoms with Crippen LogP contribution in [0.5, 0.6) is 0 Å². The fraction of sp³-hybridized carbons (Fsp3) is 0.500. The van der Waals surface area contributed by atoms with Gasteiger partial charge in [-0.3, -0.25) is 0 Å². The van der Waals surface area contributed by atoms with Crippen LogP contribution in [0.15, 0.2) is 30.3 Å². The highest BCUT2D eigenvalue weighted by Crippen LogP contribution is 2.58. The van der Waals surface area contributed by atoms with Crippen LogP contribution in [0.3, 0.4) is 0 Å². The molecule has 1 aromatic rings. The van der Waals surface area contributed by atoms with Gasteiger partial charge < -0.3 is 0 Å². The van der Waals surface area contributed by atoms with Gasteiger partial charge in [-0.05, 0) is 17.9 Å². The van der Waals surface area contributed by atoms with Crippen molar-refractivity contribution in [3.05, 3.63) is 35.9 Å². The Morgan fingerprint density at radius 1 is 1.31 bits per heavy atom. The van der Waals surface area contributed by atoms with Gasteiger partial charge in [0.05, 0.1) is 0 Å². The summed E-state index contributed by atoms with van der Waals surface area (Å²) in [5.74, 6) is 0.681. The summed E-state index contributed by atoms with van der Waals surface area (Å²) in [7, 11) is 0. The molecule has 0 bridgehead atoms. The van der Waals surface area contributed by atoms with Crippen molar-refractivity contribution in [3.8, 4) is 0 Å². The molecule has 2 atom stereocenters. The molecule has 0 nitrogen and oxygen atoms in total. The number of halogens is 1. The first kappa shape index (κ1) is 8.74. The van der Waals surface area contributed by atoms with Gasteiger partial charge in [-0.15, -0.1) is 0 Å². The molecule has 0 spiro atoms. The monoisotopic (exact) mass is 178 g/mol. The lowest BCUT2D eigenvalue weighted by atomic mass is 10.0. The second-order valence-electron chi connectivity index (χ2n) is 4.28. The first-order chi connectivity index (χ1) is 6.14. The molecule has 1 aliphatic rings. The SMILES string of the molecule is CC(C)[C@@H]1C[C@]1(F)c1ccccc1. The molecule has 0 unspecified atom stereocenters. The van der Waals surface area contributed by atoms with Gasteiger partial charge in [-0.25, -0.2) is 4.39 Å². The smallest absolute Gasteiger partial charge is 0.139 e. The molecule has 0 amide bonds. The summed E-state index contributed by atoms with van der Waals surface area (Å²) in [4.78, 5) is 0. The lowest BCUT2D eigenvalue weighted by molar-refractivity contribution is 0.263. The zero-order valence-corrected chi connectivity index (χ0v) is 8.13. The molecule has 1 aromatic carbocycles. The third-order valence-corrected chi connectivity index (χ3v) is 3.00. The van der Waals surface area contributed by atoms with Gasteiger partial charge in [0.15, 0.2) is 0 Å². The first-order valence-electron chi connectivity index (χ1n) is 4.89. The minimum atomic E-state index is -1.02. The average Bonchev–Trinajstić information content (AvgIpc) is 2.82. The number of benzene rings is 1. The summed E-state index contributed by atoms with van der Waals surface area (Å²) < 4.78 is 14.1. The van der Waals surface area contributed by atoms with Crippen molar-refractivity contribution in [1.82, 2.24) is 0 Å². The van der Waals surface area contributed by atoms with Crippen LogP contribution in [0.1, 0.15) is 25.8 Å². The first-order valence-corrected chi connectivity index (χ1v) is 4.89. The minimum absolute atomic E-state index is 0.231. The summed E-state index contributed by atoms with van der Waals surface area (Å²) in [6.45, 7) is 4.18. The normalized spacial score (nSPS) is 32.2. The summed E-state index contributed by atoms with van der Waals surface area (Å²) in [5, 5.41) is 0. The molecule has 0 aliphatic heterocycles. The lowest BCUT2D eigenvalue weighted by Gasteiger charge is -2.09. The number of hydrogen-bond acceptors (Lipinski definition) is 0. The van der Waals surface area contributed by atoms with Crippen LogP contribution in [0.4, 0.5) is 4.39 Å². The Kier molecular flexibility index (Phi) is 1.90. The number of alkyl halides is 1. The van der Waals surface area contributed by atoms with E-state index in [-0.39, 0.29) is 5.92 Å². The van der Waals surface area contributed by atoms with Crippen molar-refractivity contribution in [3.63, 3.8) is 0 Å². The molecular weight excluding hydrogens is 163 g/mol. The van der Waals surface area contributed by atoms with E-state index in [0.717, 1.165) is 5.56 Å². The molecule has 1 saturated carbocycles. The number of hydrogen-bond donors (Lipinski definition) is 0. The second kappa shape index (κ2) is 2.83. The standard InChI is InChI=1S/C12H15F/c1-9(2)11-8-12(11,13)10-6-4-3-5-7-10/h3-7,9,11H,8H2,1-2H3/t11-,12-/m0/s1. The Morgan fingerprint density at radius 2 is 1.92 bits per heavy atom. The Hall–Kier alpha value is -0.850. The van der Waals surface area contributed by atoms with Crippen molar-refractivity contribution in [2.45, 2.75) is 25.9 Å². The van der Waals surface area contributed by atoms with Crippen LogP contribution >= 0.6 is 0 Å². The van der Waals surface area contributed by atoms with Gasteiger partial charge in [0.25, 0.3) is 0 Å². The summed E-state index contributed by atoms with van der Waals surface area (Å²) >= 11 is 0. The van der Waals surface area contributed by atoms with E-state index in [4.69, 9.17) is 0 Å². The largest absolute Gasteiger partial charge is 0.238 e. The van der Waals surface area contributed by atoms with E-state index >= 15 is 0 Å². The minimum Gasteiger partial charge on any atom is -0.238 e. The molecular formula is C12H15F. The summed E-state index contributed by atoms with van der Waals surface area (Å²) in [6, 6.07) is 9.53. The molecule has 2 rings (SSSR count). The molecule has 13 heavy (non-hydrogen) atoms. The second-order valence-corrected chi connectivity index (χ2v) is 4.28. The Labute approximate surface area is 78.8 Å². The van der Waals surface area contributed by atoms with Crippen molar-refractivity contribution in [2.75, 3.05) is 0 Å². The van der Waals surface area contributed by atoms with Crippen LogP contribution < -0.4 is 0 Å². The van der Waals surface area contributed by atoms with Crippen molar-refractivity contribution in [1.29, 1.82) is 0 Å². The van der Waals surface area contributed by atoms with Crippen LogP contribution in [-0.2, 0) is 5.67 Å². The lowest BCUT2D eigenvalue weighted by Crippen LogP contribution is -2.05. The maximum atomic E-state index is 14.1. The molecule has 0 aromatic heterocycles. The zero-order valence-electron chi connectivity index (χ0n) is 8.13. The molecule has 70 valence electrons. The van der Waals surface area contributed by atoms with E-state index < -0.39 is 5.67 Å². The van der Waals surface area contributed by atoms with Crippen molar-refractivity contribution < 1.29 is 4.39 Å². The van der Waals surface area contributed by atoms with E-state index in [2.05, 4.69) is 13.8 Å². The van der Waals surface area contributed by atoms with Gasteiger partial charge in [0.2, 0.25) is 0 Å². The average molecular weight is 178 g/mol. The van der Waals surface area contributed by atoms with Gasteiger partial charge in [-0.2, -0.15) is 0 Å². The van der Waals surface area contributed by atoms with E-state index in [9.17, 15) is 4.39 Å². The summed E-state index contributed by atoms with van der Waals surface area (Å²) in [6.07, 6.45) is 0.703. The molecule has 0 heterocycles. The quantitative estimate of drug-likeness (QED) is 0.650. The van der Waals surface area contributed by atoms with Gasteiger partial charge in [0, 0.05) is 5.92 Å². The molecule has 0 saturated heterocycles. The van der Waals surface area contributed by atoms with Crippen LogP contribution in [0, 0.1) is 11.8 Å². The summed E-state index contributed by atoms with van der Waals surface area (Å²) in [5.41, 5.74) is -0.163. The third kappa shape index (κ3) is 1.37. The van der Waals surface area contributed by atoms with E-state index in [1.807, 2.05) is 30.3 Å². The van der Waals surface area contributed by atoms with Gasteiger partial charge in [0.1, 0.15) is 5.67 Å². The van der Waals surface area contributed by atoms with E-state index in [1.165, 1.54) is 0 Å². The van der Waals surface area contributed by atoms with Gasteiger partial charge in [-0.1, -0.05) is 44.2 Å². The molecule has 0 N–H and O–H groups in total. The Balaban J connectivity index is 2.21. The maximum Gasteiger partial charge on any atom is 0.139 e. The van der Waals surface area contributed by atoms with E-state index in [1.54, 1.807) is 0 Å². The topological polar surface area (TPSA) is 0 Å². The van der Waals surface area contributed by atoms with E-state index in [0.29, 0.717) is 12.3 Å². The number of rotatable bonds is 2. The predicted octanol–water partition coefficient (Wildman–Crippen LogP) is 3.53. The van der Waals surface area contributed by atoms with Gasteiger partial charge >= 0.3 is 0 Å². The Bertz CT molecular complexity index is 291. The molecule has 1 fully saturated rings. The molecule has 0 radical (unpaired) electrons. The fourth-order valence-electron chi connectivity index (χ4n) is 2.07. The predicted molar refractivity (Wildman–Crippen MR) is 52.2 cm³/mol. The fourth-order valence-corrected chi connectivity index (χ4v) is 2.07. The third-order valence-electron chi connectivity index (χ3n) is 3.00. The van der Waals surface area contributed by atoms with Crippen molar-refractivity contribution >= 4 is 0 Å².